The third-order valence-electron chi connectivity index (χ3n) is 5.63. The Balaban J connectivity index is 1.35. The molecule has 1 atom stereocenters. The number of carbonyl (C=O) groups is 2. The van der Waals surface area contributed by atoms with Crippen LogP contribution in [0.15, 0.2) is 48.5 Å². The van der Waals surface area contributed by atoms with Crippen molar-refractivity contribution in [1.29, 1.82) is 0 Å². The van der Waals surface area contributed by atoms with Gasteiger partial charge in [0.05, 0.1) is 12.7 Å². The minimum Gasteiger partial charge on any atom is -0.497 e. The molecule has 2 aromatic rings. The van der Waals surface area contributed by atoms with Crippen molar-refractivity contribution in [3.8, 4) is 5.75 Å². The number of amides is 1. The fourth-order valence-corrected chi connectivity index (χ4v) is 4.01. The Kier molecular flexibility index (Phi) is 5.81. The van der Waals surface area contributed by atoms with Crippen molar-refractivity contribution in [1.82, 2.24) is 9.80 Å². The summed E-state index contributed by atoms with van der Waals surface area (Å²) < 4.78 is 10.7. The molecule has 0 aliphatic carbocycles. The number of carbonyl (C=O) groups excluding carboxylic acids is 2. The van der Waals surface area contributed by atoms with E-state index in [4.69, 9.17) is 9.47 Å². The van der Waals surface area contributed by atoms with E-state index in [0.29, 0.717) is 25.1 Å². The molecule has 0 saturated carbocycles. The van der Waals surface area contributed by atoms with Crippen LogP contribution in [0.4, 0.5) is 0 Å². The summed E-state index contributed by atoms with van der Waals surface area (Å²) >= 11 is 0. The summed E-state index contributed by atoms with van der Waals surface area (Å²) in [5, 5.41) is 0. The molecule has 0 N–H and O–H groups in total. The van der Waals surface area contributed by atoms with Crippen LogP contribution in [-0.2, 0) is 22.5 Å². The van der Waals surface area contributed by atoms with E-state index in [1.165, 1.54) is 5.56 Å². The summed E-state index contributed by atoms with van der Waals surface area (Å²) in [7, 11) is 1.66. The molecule has 6 nitrogen and oxygen atoms in total. The Bertz CT molecular complexity index is 881. The normalized spacial score (nSPS) is 19.8. The lowest BCUT2D eigenvalue weighted by Crippen LogP contribution is -2.45. The van der Waals surface area contributed by atoms with Crippen molar-refractivity contribution < 1.29 is 19.1 Å². The number of benzene rings is 2. The van der Waals surface area contributed by atoms with Gasteiger partial charge in [-0.1, -0.05) is 30.3 Å². The van der Waals surface area contributed by atoms with Crippen LogP contribution in [0.2, 0.25) is 0 Å². The van der Waals surface area contributed by atoms with Gasteiger partial charge in [-0.15, -0.1) is 0 Å². The van der Waals surface area contributed by atoms with Crippen LogP contribution < -0.4 is 4.74 Å². The smallest absolute Gasteiger partial charge is 0.339 e. The molecule has 2 aliphatic rings. The number of rotatable bonds is 4. The van der Waals surface area contributed by atoms with Crippen LogP contribution in [0.1, 0.15) is 27.9 Å². The Labute approximate surface area is 171 Å². The minimum atomic E-state index is -0.717. The first-order chi connectivity index (χ1) is 14.1. The van der Waals surface area contributed by atoms with Gasteiger partial charge < -0.3 is 14.4 Å². The van der Waals surface area contributed by atoms with E-state index in [-0.39, 0.29) is 5.91 Å². The second-order valence-corrected chi connectivity index (χ2v) is 7.56. The Morgan fingerprint density at radius 3 is 2.66 bits per heavy atom. The standard InChI is InChI=1S/C23H26N2O4/c1-28-19-9-7-17(8-10-19)16-24-11-4-12-25(14-13-24)22(26)21-15-18-5-2-3-6-20(18)23(27)29-21/h2-3,5-10,21H,4,11-16H2,1H3. The zero-order chi connectivity index (χ0) is 20.2. The van der Waals surface area contributed by atoms with Gasteiger partial charge in [0.2, 0.25) is 0 Å². The van der Waals surface area contributed by atoms with E-state index in [1.54, 1.807) is 13.2 Å². The third-order valence-corrected chi connectivity index (χ3v) is 5.63. The molecule has 2 heterocycles. The summed E-state index contributed by atoms with van der Waals surface area (Å²) in [6, 6.07) is 15.4. The van der Waals surface area contributed by atoms with Crippen LogP contribution in [0.3, 0.4) is 0 Å². The fraction of sp³-hybridized carbons (Fsp3) is 0.391. The lowest BCUT2D eigenvalue weighted by molar-refractivity contribution is -0.141. The highest BCUT2D eigenvalue weighted by molar-refractivity contribution is 5.95. The lowest BCUT2D eigenvalue weighted by Gasteiger charge is -2.29. The summed E-state index contributed by atoms with van der Waals surface area (Å²) in [4.78, 5) is 29.5. The molecule has 0 spiro atoms. The first-order valence-electron chi connectivity index (χ1n) is 10.1. The van der Waals surface area contributed by atoms with Gasteiger partial charge in [-0.05, 0) is 35.7 Å². The molecule has 1 amide bonds. The van der Waals surface area contributed by atoms with E-state index in [0.717, 1.165) is 37.4 Å². The quantitative estimate of drug-likeness (QED) is 0.746. The van der Waals surface area contributed by atoms with E-state index in [9.17, 15) is 9.59 Å². The van der Waals surface area contributed by atoms with Gasteiger partial charge in [-0.25, -0.2) is 4.79 Å². The highest BCUT2D eigenvalue weighted by Crippen LogP contribution is 2.22. The predicted octanol–water partition coefficient (Wildman–Crippen LogP) is 2.51. The number of ether oxygens (including phenoxy) is 2. The number of hydrogen-bond donors (Lipinski definition) is 0. The van der Waals surface area contributed by atoms with Gasteiger partial charge in [0.25, 0.3) is 5.91 Å². The molecule has 6 heteroatoms. The van der Waals surface area contributed by atoms with Gasteiger partial charge in [0.15, 0.2) is 6.10 Å². The largest absolute Gasteiger partial charge is 0.497 e. The SMILES string of the molecule is COc1ccc(CN2CCCN(C(=O)C3Cc4ccccc4C(=O)O3)CC2)cc1. The third kappa shape index (κ3) is 4.43. The average Bonchev–Trinajstić information content (AvgIpc) is 2.99. The molecule has 1 unspecified atom stereocenters. The second-order valence-electron chi connectivity index (χ2n) is 7.56. The highest BCUT2D eigenvalue weighted by atomic mass is 16.5. The van der Waals surface area contributed by atoms with Gasteiger partial charge in [-0.3, -0.25) is 9.69 Å². The maximum atomic E-state index is 13.0. The van der Waals surface area contributed by atoms with Gasteiger partial charge in [0.1, 0.15) is 5.75 Å². The predicted molar refractivity (Wildman–Crippen MR) is 109 cm³/mol. The van der Waals surface area contributed by atoms with Gasteiger partial charge in [-0.2, -0.15) is 0 Å². The summed E-state index contributed by atoms with van der Waals surface area (Å²) in [5.41, 5.74) is 2.68. The van der Waals surface area contributed by atoms with Crippen molar-refractivity contribution in [2.75, 3.05) is 33.3 Å². The summed E-state index contributed by atoms with van der Waals surface area (Å²) in [5.74, 6) is 0.366. The average molecular weight is 394 g/mol. The number of methoxy groups -OCH3 is 1. The number of nitrogens with zero attached hydrogens (tertiary/aromatic N) is 2. The fourth-order valence-electron chi connectivity index (χ4n) is 4.01. The highest BCUT2D eigenvalue weighted by Gasteiger charge is 2.34. The van der Waals surface area contributed by atoms with Crippen molar-refractivity contribution in [2.24, 2.45) is 0 Å². The molecule has 4 rings (SSSR count). The van der Waals surface area contributed by atoms with E-state index >= 15 is 0 Å². The van der Waals surface area contributed by atoms with Gasteiger partial charge >= 0.3 is 5.97 Å². The van der Waals surface area contributed by atoms with Crippen molar-refractivity contribution in [2.45, 2.75) is 25.5 Å². The Morgan fingerprint density at radius 2 is 1.86 bits per heavy atom. The molecule has 1 saturated heterocycles. The van der Waals surface area contributed by atoms with Crippen LogP contribution in [0.25, 0.3) is 0 Å². The van der Waals surface area contributed by atoms with E-state index < -0.39 is 12.1 Å². The molecule has 0 radical (unpaired) electrons. The summed E-state index contributed by atoms with van der Waals surface area (Å²) in [6.07, 6.45) is 0.636. The lowest BCUT2D eigenvalue weighted by atomic mass is 9.98. The first kappa shape index (κ1) is 19.5. The van der Waals surface area contributed by atoms with Crippen molar-refractivity contribution >= 4 is 11.9 Å². The topological polar surface area (TPSA) is 59.1 Å². The maximum Gasteiger partial charge on any atom is 0.339 e. The van der Waals surface area contributed by atoms with Crippen LogP contribution >= 0.6 is 0 Å². The zero-order valence-corrected chi connectivity index (χ0v) is 16.7. The number of hydrogen-bond acceptors (Lipinski definition) is 5. The maximum absolute atomic E-state index is 13.0. The van der Waals surface area contributed by atoms with Crippen LogP contribution in [0, 0.1) is 0 Å². The second kappa shape index (κ2) is 8.66. The molecule has 0 aromatic heterocycles. The van der Waals surface area contributed by atoms with E-state index in [1.807, 2.05) is 35.2 Å². The number of cyclic esters (lactones) is 1. The molecular formula is C23H26N2O4. The monoisotopic (exact) mass is 394 g/mol. The van der Waals surface area contributed by atoms with E-state index in [2.05, 4.69) is 17.0 Å². The molecule has 152 valence electrons. The molecule has 2 aliphatic heterocycles. The zero-order valence-electron chi connectivity index (χ0n) is 16.7. The summed E-state index contributed by atoms with van der Waals surface area (Å²) in [6.45, 7) is 3.91. The first-order valence-corrected chi connectivity index (χ1v) is 10.1. The molecular weight excluding hydrogens is 368 g/mol. The molecule has 1 fully saturated rings. The van der Waals surface area contributed by atoms with Crippen LogP contribution in [0.5, 0.6) is 5.75 Å². The number of esters is 1. The minimum absolute atomic E-state index is 0.0841. The van der Waals surface area contributed by atoms with Gasteiger partial charge in [0, 0.05) is 39.1 Å². The number of fused-ring (bicyclic) bond motifs is 1. The molecule has 29 heavy (non-hydrogen) atoms. The molecule has 0 bridgehead atoms. The van der Waals surface area contributed by atoms with Crippen molar-refractivity contribution in [3.05, 3.63) is 65.2 Å². The Morgan fingerprint density at radius 1 is 1.07 bits per heavy atom. The van der Waals surface area contributed by atoms with Crippen LogP contribution in [-0.4, -0.2) is 61.1 Å². The molecule has 2 aromatic carbocycles. The van der Waals surface area contributed by atoms with Crippen molar-refractivity contribution in [3.63, 3.8) is 0 Å². The Hall–Kier alpha value is -2.86.